The number of hydrogen-bond donors (Lipinski definition) is 1. The minimum atomic E-state index is -4.33. The first-order valence-electron chi connectivity index (χ1n) is 5.79. The highest BCUT2D eigenvalue weighted by molar-refractivity contribution is 5.29. The fourth-order valence-corrected chi connectivity index (χ4v) is 1.83. The molecular weight excluding hydrogens is 267 g/mol. The van der Waals surface area contributed by atoms with Crippen molar-refractivity contribution in [3.63, 3.8) is 0 Å². The number of aliphatic hydroxyl groups is 1. The van der Waals surface area contributed by atoms with E-state index in [2.05, 4.69) is 0 Å². The largest absolute Gasteiger partial charge is 0.389 e. The summed E-state index contributed by atoms with van der Waals surface area (Å²) >= 11 is 0. The third kappa shape index (κ3) is 4.16. The van der Waals surface area contributed by atoms with E-state index in [1.807, 2.05) is 0 Å². The van der Waals surface area contributed by atoms with E-state index < -0.39 is 29.8 Å². The maximum atomic E-state index is 13.7. The summed E-state index contributed by atoms with van der Waals surface area (Å²) in [7, 11) is 0. The molecule has 1 aromatic carbocycles. The van der Waals surface area contributed by atoms with Crippen molar-refractivity contribution >= 4 is 0 Å². The number of halogens is 5. The Morgan fingerprint density at radius 2 is 1.63 bits per heavy atom. The highest BCUT2D eigenvalue weighted by Crippen LogP contribution is 2.32. The molecule has 0 heterocycles. The molecule has 0 aliphatic rings. The van der Waals surface area contributed by atoms with Gasteiger partial charge in [0.15, 0.2) is 11.6 Å². The van der Waals surface area contributed by atoms with Crippen LogP contribution in [0.5, 0.6) is 0 Å². The van der Waals surface area contributed by atoms with Gasteiger partial charge in [0.05, 0.1) is 5.60 Å². The van der Waals surface area contributed by atoms with Crippen molar-refractivity contribution in [1.29, 1.82) is 0 Å². The van der Waals surface area contributed by atoms with Gasteiger partial charge in [-0.2, -0.15) is 13.2 Å². The molecule has 0 aromatic heterocycles. The summed E-state index contributed by atoms with van der Waals surface area (Å²) in [6.45, 7) is 2.54. The average molecular weight is 282 g/mol. The van der Waals surface area contributed by atoms with Crippen LogP contribution in [0, 0.1) is 18.6 Å². The van der Waals surface area contributed by atoms with E-state index in [9.17, 15) is 27.1 Å². The van der Waals surface area contributed by atoms with Crippen LogP contribution in [0.3, 0.4) is 0 Å². The Hall–Kier alpha value is -1.17. The zero-order chi connectivity index (χ0) is 14.8. The predicted octanol–water partition coefficient (Wildman–Crippen LogP) is 4.21. The average Bonchev–Trinajstić information content (AvgIpc) is 2.23. The van der Waals surface area contributed by atoms with Gasteiger partial charge in [-0.1, -0.05) is 12.1 Å². The predicted molar refractivity (Wildman–Crippen MR) is 60.6 cm³/mol. The Kier molecular flexibility index (Phi) is 4.55. The Bertz CT molecular complexity index is 451. The Morgan fingerprint density at radius 3 is 2.16 bits per heavy atom. The highest BCUT2D eigenvalue weighted by Gasteiger charge is 2.32. The Morgan fingerprint density at radius 1 is 1.05 bits per heavy atom. The van der Waals surface area contributed by atoms with Gasteiger partial charge >= 0.3 is 6.18 Å². The SMILES string of the molecule is Cc1ccc(C(C)(O)CCCC(F)(F)F)c(F)c1F. The van der Waals surface area contributed by atoms with Crippen molar-refractivity contribution in [2.45, 2.75) is 44.9 Å². The normalized spacial score (nSPS) is 15.4. The van der Waals surface area contributed by atoms with Gasteiger partial charge in [0, 0.05) is 12.0 Å². The van der Waals surface area contributed by atoms with Crippen LogP contribution in [0.1, 0.15) is 37.3 Å². The van der Waals surface area contributed by atoms with Crippen molar-refractivity contribution in [1.82, 2.24) is 0 Å². The van der Waals surface area contributed by atoms with Crippen molar-refractivity contribution in [3.05, 3.63) is 34.9 Å². The summed E-state index contributed by atoms with van der Waals surface area (Å²) in [5.74, 6) is -2.30. The van der Waals surface area contributed by atoms with E-state index in [-0.39, 0.29) is 24.0 Å². The van der Waals surface area contributed by atoms with Crippen LogP contribution in [0.25, 0.3) is 0 Å². The molecule has 0 fully saturated rings. The maximum absolute atomic E-state index is 13.7. The number of benzene rings is 1. The molecule has 0 radical (unpaired) electrons. The standard InChI is InChI=1S/C13H15F5O/c1-8-4-5-9(11(15)10(8)14)12(2,19)6-3-7-13(16,17)18/h4-5,19H,3,6-7H2,1-2H3. The van der Waals surface area contributed by atoms with Gasteiger partial charge in [-0.15, -0.1) is 0 Å². The van der Waals surface area contributed by atoms with Crippen molar-refractivity contribution in [3.8, 4) is 0 Å². The summed E-state index contributed by atoms with van der Waals surface area (Å²) in [6.07, 6.45) is -6.05. The van der Waals surface area contributed by atoms with Crippen LogP contribution in [0.4, 0.5) is 22.0 Å². The first-order chi connectivity index (χ1) is 8.54. The van der Waals surface area contributed by atoms with E-state index in [1.165, 1.54) is 26.0 Å². The van der Waals surface area contributed by atoms with Gasteiger partial charge in [0.25, 0.3) is 0 Å². The third-order valence-electron chi connectivity index (χ3n) is 2.98. The second kappa shape index (κ2) is 5.45. The van der Waals surface area contributed by atoms with E-state index >= 15 is 0 Å². The molecule has 0 aliphatic carbocycles. The van der Waals surface area contributed by atoms with E-state index in [1.54, 1.807) is 0 Å². The zero-order valence-corrected chi connectivity index (χ0v) is 10.6. The molecule has 0 saturated heterocycles. The van der Waals surface area contributed by atoms with Gasteiger partial charge in [-0.25, -0.2) is 8.78 Å². The molecule has 19 heavy (non-hydrogen) atoms. The lowest BCUT2D eigenvalue weighted by Gasteiger charge is -2.25. The second-order valence-corrected chi connectivity index (χ2v) is 4.80. The second-order valence-electron chi connectivity index (χ2n) is 4.80. The molecule has 0 aliphatic heterocycles. The highest BCUT2D eigenvalue weighted by atomic mass is 19.4. The first kappa shape index (κ1) is 15.9. The smallest absolute Gasteiger partial charge is 0.385 e. The molecular formula is C13H15F5O. The van der Waals surface area contributed by atoms with Crippen molar-refractivity contribution in [2.75, 3.05) is 0 Å². The lowest BCUT2D eigenvalue weighted by Crippen LogP contribution is -2.24. The summed E-state index contributed by atoms with van der Waals surface area (Å²) < 4.78 is 63.1. The molecule has 0 amide bonds. The number of aryl methyl sites for hydroxylation is 1. The monoisotopic (exact) mass is 282 g/mol. The lowest BCUT2D eigenvalue weighted by molar-refractivity contribution is -0.137. The van der Waals surface area contributed by atoms with E-state index in [0.29, 0.717) is 0 Å². The van der Waals surface area contributed by atoms with Crippen LogP contribution in [0.2, 0.25) is 0 Å². The van der Waals surface area contributed by atoms with Crippen LogP contribution >= 0.6 is 0 Å². The minimum Gasteiger partial charge on any atom is -0.385 e. The van der Waals surface area contributed by atoms with Crippen LogP contribution in [-0.4, -0.2) is 11.3 Å². The number of alkyl halides is 3. The topological polar surface area (TPSA) is 20.2 Å². The molecule has 108 valence electrons. The summed E-state index contributed by atoms with van der Waals surface area (Å²) in [6, 6.07) is 2.48. The number of rotatable bonds is 4. The first-order valence-corrected chi connectivity index (χ1v) is 5.79. The summed E-state index contributed by atoms with van der Waals surface area (Å²) in [5, 5.41) is 10.0. The van der Waals surface area contributed by atoms with Crippen molar-refractivity contribution in [2.24, 2.45) is 0 Å². The van der Waals surface area contributed by atoms with Gasteiger partial charge in [-0.05, 0) is 32.3 Å². The van der Waals surface area contributed by atoms with Gasteiger partial charge < -0.3 is 5.11 Å². The van der Waals surface area contributed by atoms with Crippen LogP contribution in [-0.2, 0) is 5.60 Å². The molecule has 1 aromatic rings. The molecule has 1 N–H and O–H groups in total. The maximum Gasteiger partial charge on any atom is 0.389 e. The van der Waals surface area contributed by atoms with Gasteiger partial charge in [0.1, 0.15) is 0 Å². The third-order valence-corrected chi connectivity index (χ3v) is 2.98. The summed E-state index contributed by atoms with van der Waals surface area (Å²) in [5.41, 5.74) is -2.07. The Balaban J connectivity index is 2.86. The molecule has 0 spiro atoms. The molecule has 6 heteroatoms. The van der Waals surface area contributed by atoms with E-state index in [0.717, 1.165) is 0 Å². The van der Waals surface area contributed by atoms with Crippen LogP contribution < -0.4 is 0 Å². The molecule has 1 rings (SSSR count). The van der Waals surface area contributed by atoms with E-state index in [4.69, 9.17) is 0 Å². The van der Waals surface area contributed by atoms with Crippen LogP contribution in [0.15, 0.2) is 12.1 Å². The minimum absolute atomic E-state index is 0.0762. The molecule has 1 nitrogen and oxygen atoms in total. The zero-order valence-electron chi connectivity index (χ0n) is 10.6. The fraction of sp³-hybridized carbons (Fsp3) is 0.538. The molecule has 1 atom stereocenters. The molecule has 0 saturated carbocycles. The van der Waals surface area contributed by atoms with Gasteiger partial charge in [-0.3, -0.25) is 0 Å². The van der Waals surface area contributed by atoms with Gasteiger partial charge in [0.2, 0.25) is 0 Å². The summed E-state index contributed by atoms with van der Waals surface area (Å²) in [4.78, 5) is 0. The lowest BCUT2D eigenvalue weighted by atomic mass is 9.89. The quantitative estimate of drug-likeness (QED) is 0.820. The number of hydrogen-bond acceptors (Lipinski definition) is 1. The van der Waals surface area contributed by atoms with Crippen molar-refractivity contribution < 1.29 is 27.1 Å². The Labute approximate surface area is 108 Å². The molecule has 0 bridgehead atoms. The molecule has 1 unspecified atom stereocenters. The fourth-order valence-electron chi connectivity index (χ4n) is 1.83.